The normalized spacial score (nSPS) is 11.6. The van der Waals surface area contributed by atoms with Crippen molar-refractivity contribution in [2.24, 2.45) is 0 Å². The van der Waals surface area contributed by atoms with Crippen LogP contribution in [0.25, 0.3) is 11.0 Å². The predicted molar refractivity (Wildman–Crippen MR) is 95.1 cm³/mol. The Morgan fingerprint density at radius 3 is 2.68 bits per heavy atom. The summed E-state index contributed by atoms with van der Waals surface area (Å²) in [6, 6.07) is 11.9. The number of rotatable bonds is 4. The van der Waals surface area contributed by atoms with Crippen LogP contribution in [0.2, 0.25) is 0 Å². The standard InChI is InChI=1S/C19H12F4N4O/c20-12-6-7-14-16(10-12)27-18(25-14)26-15-5-2-8-24-17(15)28-13-4-1-3-11(9-13)19(21,22)23/h1-10H,(H2,25,26,27). The fourth-order valence-electron chi connectivity index (χ4n) is 2.58. The quantitative estimate of drug-likeness (QED) is 0.444. The minimum Gasteiger partial charge on any atom is -0.437 e. The number of pyridine rings is 1. The fraction of sp³-hybridized carbons (Fsp3) is 0.0526. The summed E-state index contributed by atoms with van der Waals surface area (Å²) in [5.41, 5.74) is 0.592. The Kier molecular flexibility index (Phi) is 4.34. The molecule has 0 saturated heterocycles. The van der Waals surface area contributed by atoms with E-state index in [1.54, 1.807) is 12.1 Å². The molecule has 0 bridgehead atoms. The fourth-order valence-corrected chi connectivity index (χ4v) is 2.58. The summed E-state index contributed by atoms with van der Waals surface area (Å²) in [5.74, 6) is -0.0446. The van der Waals surface area contributed by atoms with E-state index in [0.29, 0.717) is 22.7 Å². The number of nitrogens with zero attached hydrogens (tertiary/aromatic N) is 2. The minimum atomic E-state index is -4.48. The summed E-state index contributed by atoms with van der Waals surface area (Å²) in [5, 5.41) is 2.95. The monoisotopic (exact) mass is 388 g/mol. The molecular weight excluding hydrogens is 376 g/mol. The van der Waals surface area contributed by atoms with E-state index in [2.05, 4.69) is 20.3 Å². The van der Waals surface area contributed by atoms with Gasteiger partial charge in [-0.25, -0.2) is 14.4 Å². The van der Waals surface area contributed by atoms with Crippen molar-refractivity contribution in [3.8, 4) is 11.6 Å². The largest absolute Gasteiger partial charge is 0.437 e. The molecule has 0 saturated carbocycles. The number of H-pyrrole nitrogens is 1. The molecule has 28 heavy (non-hydrogen) atoms. The van der Waals surface area contributed by atoms with Crippen LogP contribution in [-0.2, 0) is 6.18 Å². The molecule has 0 aliphatic rings. The molecule has 4 rings (SSSR count). The van der Waals surface area contributed by atoms with Gasteiger partial charge in [0.15, 0.2) is 0 Å². The predicted octanol–water partition coefficient (Wildman–Crippen LogP) is 5.65. The molecule has 2 N–H and O–H groups in total. The van der Waals surface area contributed by atoms with Crippen LogP contribution in [-0.4, -0.2) is 15.0 Å². The summed E-state index contributed by atoms with van der Waals surface area (Å²) < 4.78 is 57.5. The molecule has 2 aromatic heterocycles. The molecule has 2 aromatic carbocycles. The molecule has 0 aliphatic heterocycles. The second-order valence-corrected chi connectivity index (χ2v) is 5.86. The van der Waals surface area contributed by atoms with Crippen LogP contribution in [0, 0.1) is 5.82 Å². The van der Waals surface area contributed by atoms with E-state index < -0.39 is 17.6 Å². The molecule has 0 spiro atoms. The smallest absolute Gasteiger partial charge is 0.416 e. The highest BCUT2D eigenvalue weighted by Gasteiger charge is 2.30. The van der Waals surface area contributed by atoms with E-state index in [1.165, 1.54) is 36.5 Å². The number of nitrogens with one attached hydrogen (secondary N) is 2. The Hall–Kier alpha value is -3.62. The number of ether oxygens (including phenoxy) is 1. The summed E-state index contributed by atoms with van der Waals surface area (Å²) in [7, 11) is 0. The van der Waals surface area contributed by atoms with Crippen molar-refractivity contribution in [1.29, 1.82) is 0 Å². The van der Waals surface area contributed by atoms with Crippen molar-refractivity contribution >= 4 is 22.7 Å². The summed E-state index contributed by atoms with van der Waals surface area (Å²) in [4.78, 5) is 11.3. The average Bonchev–Trinajstić information content (AvgIpc) is 3.04. The molecule has 0 unspecified atom stereocenters. The molecule has 0 radical (unpaired) electrons. The van der Waals surface area contributed by atoms with Gasteiger partial charge in [0.2, 0.25) is 11.8 Å². The molecule has 142 valence electrons. The third kappa shape index (κ3) is 3.73. The topological polar surface area (TPSA) is 62.8 Å². The number of hydrogen-bond acceptors (Lipinski definition) is 4. The Morgan fingerprint density at radius 2 is 1.86 bits per heavy atom. The third-order valence-corrected chi connectivity index (χ3v) is 3.84. The molecule has 9 heteroatoms. The average molecular weight is 388 g/mol. The molecule has 0 fully saturated rings. The minimum absolute atomic E-state index is 0.0109. The van der Waals surface area contributed by atoms with Gasteiger partial charge in [-0.15, -0.1) is 0 Å². The Labute approximate surface area is 156 Å². The van der Waals surface area contributed by atoms with Crippen LogP contribution >= 0.6 is 0 Å². The summed E-state index contributed by atoms with van der Waals surface area (Å²) in [6.45, 7) is 0. The molecule has 0 aliphatic carbocycles. The molecular formula is C19H12F4N4O. The second kappa shape index (κ2) is 6.84. The van der Waals surface area contributed by atoms with Gasteiger partial charge in [0.05, 0.1) is 16.6 Å². The van der Waals surface area contributed by atoms with Gasteiger partial charge in [0.25, 0.3) is 0 Å². The van der Waals surface area contributed by atoms with Crippen molar-refractivity contribution in [3.63, 3.8) is 0 Å². The van der Waals surface area contributed by atoms with Crippen LogP contribution in [0.5, 0.6) is 11.6 Å². The zero-order chi connectivity index (χ0) is 19.7. The van der Waals surface area contributed by atoms with Gasteiger partial charge in [-0.1, -0.05) is 6.07 Å². The molecule has 4 aromatic rings. The van der Waals surface area contributed by atoms with Gasteiger partial charge in [-0.2, -0.15) is 13.2 Å². The third-order valence-electron chi connectivity index (χ3n) is 3.84. The lowest BCUT2D eigenvalue weighted by molar-refractivity contribution is -0.137. The Morgan fingerprint density at radius 1 is 1.00 bits per heavy atom. The van der Waals surface area contributed by atoms with E-state index >= 15 is 0 Å². The maximum atomic E-state index is 13.3. The maximum absolute atomic E-state index is 13.3. The number of anilines is 2. The first-order valence-electron chi connectivity index (χ1n) is 8.11. The zero-order valence-corrected chi connectivity index (χ0v) is 14.1. The number of fused-ring (bicyclic) bond motifs is 1. The van der Waals surface area contributed by atoms with Crippen LogP contribution in [0.15, 0.2) is 60.8 Å². The van der Waals surface area contributed by atoms with E-state index in [1.807, 2.05) is 0 Å². The van der Waals surface area contributed by atoms with Crippen LogP contribution in [0.3, 0.4) is 0 Å². The van der Waals surface area contributed by atoms with Gasteiger partial charge >= 0.3 is 6.18 Å². The SMILES string of the molecule is Fc1ccc2nc(Nc3cccnc3Oc3cccc(C(F)(F)F)c3)[nH]c2c1. The van der Waals surface area contributed by atoms with Crippen LogP contribution in [0.4, 0.5) is 29.2 Å². The molecule has 0 atom stereocenters. The van der Waals surface area contributed by atoms with E-state index in [0.717, 1.165) is 12.1 Å². The van der Waals surface area contributed by atoms with E-state index in [9.17, 15) is 17.6 Å². The Bertz CT molecular complexity index is 1140. The number of benzene rings is 2. The van der Waals surface area contributed by atoms with Crippen LogP contribution in [0.1, 0.15) is 5.56 Å². The van der Waals surface area contributed by atoms with Gasteiger partial charge in [0.1, 0.15) is 17.3 Å². The number of aromatic amines is 1. The van der Waals surface area contributed by atoms with Crippen LogP contribution < -0.4 is 10.1 Å². The molecule has 5 nitrogen and oxygen atoms in total. The first-order chi connectivity index (χ1) is 13.4. The molecule has 0 amide bonds. The van der Waals surface area contributed by atoms with Crippen molar-refractivity contribution in [2.75, 3.05) is 5.32 Å². The highest BCUT2D eigenvalue weighted by atomic mass is 19.4. The lowest BCUT2D eigenvalue weighted by Crippen LogP contribution is -2.04. The van der Waals surface area contributed by atoms with Crippen molar-refractivity contribution in [2.45, 2.75) is 6.18 Å². The lowest BCUT2D eigenvalue weighted by Gasteiger charge is -2.12. The highest BCUT2D eigenvalue weighted by Crippen LogP contribution is 2.34. The van der Waals surface area contributed by atoms with Crippen molar-refractivity contribution < 1.29 is 22.3 Å². The van der Waals surface area contributed by atoms with Gasteiger partial charge < -0.3 is 15.0 Å². The first-order valence-corrected chi connectivity index (χ1v) is 8.11. The van der Waals surface area contributed by atoms with Gasteiger partial charge in [-0.05, 0) is 48.5 Å². The van der Waals surface area contributed by atoms with Gasteiger partial charge in [0, 0.05) is 6.20 Å². The summed E-state index contributed by atoms with van der Waals surface area (Å²) in [6.07, 6.45) is -3.03. The van der Waals surface area contributed by atoms with E-state index in [-0.39, 0.29) is 11.6 Å². The number of hydrogen-bond donors (Lipinski definition) is 2. The molecule has 2 heterocycles. The zero-order valence-electron chi connectivity index (χ0n) is 14.1. The summed E-state index contributed by atoms with van der Waals surface area (Å²) >= 11 is 0. The van der Waals surface area contributed by atoms with Gasteiger partial charge in [-0.3, -0.25) is 0 Å². The maximum Gasteiger partial charge on any atom is 0.416 e. The first kappa shape index (κ1) is 17.8. The number of halogens is 4. The Balaban J connectivity index is 1.62. The van der Waals surface area contributed by atoms with Crippen molar-refractivity contribution in [1.82, 2.24) is 15.0 Å². The number of aromatic nitrogens is 3. The van der Waals surface area contributed by atoms with E-state index in [4.69, 9.17) is 4.74 Å². The highest BCUT2D eigenvalue weighted by molar-refractivity contribution is 5.78. The number of imidazole rings is 1. The van der Waals surface area contributed by atoms with Crippen molar-refractivity contribution in [3.05, 3.63) is 72.2 Å². The number of alkyl halides is 3. The second-order valence-electron chi connectivity index (χ2n) is 5.86. The lowest BCUT2D eigenvalue weighted by atomic mass is 10.2.